The van der Waals surface area contributed by atoms with Crippen molar-refractivity contribution in [3.8, 4) is 11.6 Å². The SMILES string of the molecule is CN=C(NCCCn1cccn1)NCc1ccc(Oc2ccc(F)cc2)nc1. The molecule has 0 spiro atoms. The second-order valence-electron chi connectivity index (χ2n) is 6.04. The molecule has 28 heavy (non-hydrogen) atoms. The van der Waals surface area contributed by atoms with Crippen LogP contribution in [0.5, 0.6) is 11.6 Å². The molecule has 7 nitrogen and oxygen atoms in total. The average Bonchev–Trinajstić information content (AvgIpc) is 3.24. The summed E-state index contributed by atoms with van der Waals surface area (Å²) in [5.74, 6) is 1.42. The fourth-order valence-corrected chi connectivity index (χ4v) is 2.49. The summed E-state index contributed by atoms with van der Waals surface area (Å²) in [6.45, 7) is 2.24. The number of guanidine groups is 1. The maximum absolute atomic E-state index is 12.9. The summed E-state index contributed by atoms with van der Waals surface area (Å²) < 4.78 is 20.4. The molecule has 0 radical (unpaired) electrons. The highest BCUT2D eigenvalue weighted by Gasteiger charge is 2.02. The predicted molar refractivity (Wildman–Crippen MR) is 106 cm³/mol. The number of pyridine rings is 1. The van der Waals surface area contributed by atoms with Crippen LogP contribution in [0, 0.1) is 5.82 Å². The fraction of sp³-hybridized carbons (Fsp3) is 0.250. The van der Waals surface area contributed by atoms with E-state index in [2.05, 4.69) is 25.7 Å². The van der Waals surface area contributed by atoms with Gasteiger partial charge >= 0.3 is 0 Å². The topological polar surface area (TPSA) is 76.4 Å². The van der Waals surface area contributed by atoms with Gasteiger partial charge in [0.05, 0.1) is 0 Å². The highest BCUT2D eigenvalue weighted by atomic mass is 19.1. The van der Waals surface area contributed by atoms with Gasteiger partial charge in [0.1, 0.15) is 11.6 Å². The Morgan fingerprint density at radius 1 is 1.18 bits per heavy atom. The van der Waals surface area contributed by atoms with Crippen molar-refractivity contribution in [2.24, 2.45) is 4.99 Å². The van der Waals surface area contributed by atoms with Gasteiger partial charge in [-0.3, -0.25) is 9.67 Å². The Hall–Kier alpha value is -3.42. The number of aromatic nitrogens is 3. The Morgan fingerprint density at radius 2 is 2.04 bits per heavy atom. The molecule has 0 saturated heterocycles. The zero-order valence-corrected chi connectivity index (χ0v) is 15.7. The number of aryl methyl sites for hydroxylation is 1. The van der Waals surface area contributed by atoms with Crippen LogP contribution >= 0.6 is 0 Å². The summed E-state index contributed by atoms with van der Waals surface area (Å²) in [6, 6.07) is 11.4. The molecule has 0 amide bonds. The summed E-state index contributed by atoms with van der Waals surface area (Å²) in [5, 5.41) is 10.7. The van der Waals surface area contributed by atoms with Crippen LogP contribution in [-0.2, 0) is 13.1 Å². The second-order valence-corrected chi connectivity index (χ2v) is 6.04. The smallest absolute Gasteiger partial charge is 0.219 e. The second kappa shape index (κ2) is 10.1. The molecule has 146 valence electrons. The Labute approximate surface area is 163 Å². The first-order chi connectivity index (χ1) is 13.7. The quantitative estimate of drug-likeness (QED) is 0.356. The van der Waals surface area contributed by atoms with Crippen LogP contribution in [0.1, 0.15) is 12.0 Å². The van der Waals surface area contributed by atoms with Gasteiger partial charge in [-0.2, -0.15) is 5.10 Å². The minimum absolute atomic E-state index is 0.301. The van der Waals surface area contributed by atoms with Gasteiger partial charge in [0.25, 0.3) is 0 Å². The maximum Gasteiger partial charge on any atom is 0.219 e. The lowest BCUT2D eigenvalue weighted by molar-refractivity contribution is 0.461. The van der Waals surface area contributed by atoms with Gasteiger partial charge in [-0.25, -0.2) is 9.37 Å². The molecule has 8 heteroatoms. The molecule has 3 rings (SSSR count). The fourth-order valence-electron chi connectivity index (χ4n) is 2.49. The Bertz CT molecular complexity index is 863. The Balaban J connectivity index is 1.40. The number of nitrogens with one attached hydrogen (secondary N) is 2. The van der Waals surface area contributed by atoms with Gasteiger partial charge < -0.3 is 15.4 Å². The molecule has 0 aliphatic carbocycles. The van der Waals surface area contributed by atoms with Crippen molar-refractivity contribution in [3.63, 3.8) is 0 Å². The molecule has 0 aliphatic rings. The highest BCUT2D eigenvalue weighted by molar-refractivity contribution is 5.79. The third-order valence-corrected chi connectivity index (χ3v) is 3.93. The number of benzene rings is 1. The van der Waals surface area contributed by atoms with Gasteiger partial charge in [-0.15, -0.1) is 0 Å². The lowest BCUT2D eigenvalue weighted by Gasteiger charge is -2.12. The van der Waals surface area contributed by atoms with Gasteiger partial charge in [0.15, 0.2) is 5.96 Å². The van der Waals surface area contributed by atoms with E-state index >= 15 is 0 Å². The average molecular weight is 382 g/mol. The number of halogens is 1. The number of nitrogens with zero attached hydrogens (tertiary/aromatic N) is 4. The number of ether oxygens (including phenoxy) is 1. The Kier molecular flexibility index (Phi) is 6.95. The minimum Gasteiger partial charge on any atom is -0.439 e. The lowest BCUT2D eigenvalue weighted by atomic mass is 10.3. The molecule has 0 bridgehead atoms. The van der Waals surface area contributed by atoms with Crippen molar-refractivity contribution in [2.75, 3.05) is 13.6 Å². The van der Waals surface area contributed by atoms with Gasteiger partial charge in [0, 0.05) is 51.3 Å². The molecule has 0 fully saturated rings. The van der Waals surface area contributed by atoms with Crippen LogP contribution in [0.15, 0.2) is 66.0 Å². The zero-order chi connectivity index (χ0) is 19.6. The molecular weight excluding hydrogens is 359 g/mol. The van der Waals surface area contributed by atoms with Crippen molar-refractivity contribution in [2.45, 2.75) is 19.5 Å². The zero-order valence-electron chi connectivity index (χ0n) is 15.7. The van der Waals surface area contributed by atoms with Crippen molar-refractivity contribution in [1.29, 1.82) is 0 Å². The molecule has 3 aromatic rings. The molecular formula is C20H23FN6O. The van der Waals surface area contributed by atoms with Gasteiger partial charge in [-0.05, 0) is 42.3 Å². The molecule has 2 heterocycles. The first-order valence-corrected chi connectivity index (χ1v) is 9.03. The van der Waals surface area contributed by atoms with Crippen molar-refractivity contribution >= 4 is 5.96 Å². The van der Waals surface area contributed by atoms with E-state index in [4.69, 9.17) is 4.74 Å². The molecule has 0 atom stereocenters. The minimum atomic E-state index is -0.301. The summed E-state index contributed by atoms with van der Waals surface area (Å²) in [5.41, 5.74) is 0.992. The molecule has 2 N–H and O–H groups in total. The van der Waals surface area contributed by atoms with E-state index < -0.39 is 0 Å². The normalized spacial score (nSPS) is 11.3. The first-order valence-electron chi connectivity index (χ1n) is 9.03. The van der Waals surface area contributed by atoms with E-state index in [1.807, 2.05) is 23.0 Å². The van der Waals surface area contributed by atoms with E-state index in [9.17, 15) is 4.39 Å². The summed E-state index contributed by atoms with van der Waals surface area (Å²) in [6.07, 6.45) is 6.40. The standard InChI is InChI=1S/C20H23FN6O/c1-22-20(23-10-2-12-27-13-3-11-26-27)25-15-16-4-9-19(24-14-16)28-18-7-5-17(21)6-8-18/h3-9,11,13-14H,2,10,12,15H2,1H3,(H2,22,23,25). The van der Waals surface area contributed by atoms with E-state index in [0.29, 0.717) is 18.2 Å². The third-order valence-electron chi connectivity index (χ3n) is 3.93. The van der Waals surface area contributed by atoms with Crippen LogP contribution in [0.2, 0.25) is 0 Å². The first kappa shape index (κ1) is 19.3. The van der Waals surface area contributed by atoms with Gasteiger partial charge in [-0.1, -0.05) is 6.07 Å². The van der Waals surface area contributed by atoms with Crippen molar-refractivity contribution in [3.05, 3.63) is 72.4 Å². The molecule has 1 aromatic carbocycles. The molecule has 0 unspecified atom stereocenters. The van der Waals surface area contributed by atoms with Crippen LogP contribution in [0.4, 0.5) is 4.39 Å². The van der Waals surface area contributed by atoms with E-state index in [0.717, 1.165) is 31.0 Å². The molecule has 0 aliphatic heterocycles. The van der Waals surface area contributed by atoms with E-state index in [1.165, 1.54) is 12.1 Å². The highest BCUT2D eigenvalue weighted by Crippen LogP contribution is 2.19. The van der Waals surface area contributed by atoms with Crippen LogP contribution < -0.4 is 15.4 Å². The molecule has 2 aromatic heterocycles. The van der Waals surface area contributed by atoms with Crippen molar-refractivity contribution < 1.29 is 9.13 Å². The predicted octanol–water partition coefficient (Wildman–Crippen LogP) is 2.96. The number of hydrogen-bond donors (Lipinski definition) is 2. The van der Waals surface area contributed by atoms with Crippen LogP contribution in [-0.4, -0.2) is 34.3 Å². The maximum atomic E-state index is 12.9. The van der Waals surface area contributed by atoms with E-state index in [-0.39, 0.29) is 5.82 Å². The van der Waals surface area contributed by atoms with E-state index in [1.54, 1.807) is 37.6 Å². The molecule has 0 saturated carbocycles. The monoisotopic (exact) mass is 382 g/mol. The summed E-state index contributed by atoms with van der Waals surface area (Å²) >= 11 is 0. The van der Waals surface area contributed by atoms with Crippen LogP contribution in [0.25, 0.3) is 0 Å². The summed E-state index contributed by atoms with van der Waals surface area (Å²) in [7, 11) is 1.74. The Morgan fingerprint density at radius 3 is 2.71 bits per heavy atom. The third kappa shape index (κ3) is 6.08. The summed E-state index contributed by atoms with van der Waals surface area (Å²) in [4.78, 5) is 8.49. The largest absolute Gasteiger partial charge is 0.439 e. The van der Waals surface area contributed by atoms with Gasteiger partial charge in [0.2, 0.25) is 5.88 Å². The van der Waals surface area contributed by atoms with Crippen LogP contribution in [0.3, 0.4) is 0 Å². The lowest BCUT2D eigenvalue weighted by Crippen LogP contribution is -2.37. The van der Waals surface area contributed by atoms with Crippen molar-refractivity contribution in [1.82, 2.24) is 25.4 Å². The number of rotatable bonds is 8. The number of hydrogen-bond acceptors (Lipinski definition) is 4. The number of aliphatic imine (C=N–C) groups is 1.